The van der Waals surface area contributed by atoms with Crippen LogP contribution in [-0.2, 0) is 17.6 Å². The molecule has 0 saturated heterocycles. The number of hydrogen-bond donors (Lipinski definition) is 2. The second kappa shape index (κ2) is 8.97. The third-order valence-corrected chi connectivity index (χ3v) is 4.14. The van der Waals surface area contributed by atoms with Crippen molar-refractivity contribution in [2.24, 2.45) is 0 Å². The van der Waals surface area contributed by atoms with Crippen molar-refractivity contribution in [2.45, 2.75) is 50.8 Å². The van der Waals surface area contributed by atoms with Crippen LogP contribution in [0.2, 0.25) is 0 Å². The van der Waals surface area contributed by atoms with Crippen molar-refractivity contribution in [1.82, 2.24) is 15.5 Å². The molecule has 0 aliphatic heterocycles. The Balaban J connectivity index is 2.35. The predicted octanol–water partition coefficient (Wildman–Crippen LogP) is 1.18. The maximum absolute atomic E-state index is 11.8. The summed E-state index contributed by atoms with van der Waals surface area (Å²) >= 11 is 1.54. The number of amides is 1. The third-order valence-electron chi connectivity index (χ3n) is 2.98. The van der Waals surface area contributed by atoms with Crippen molar-refractivity contribution in [1.29, 1.82) is 0 Å². The highest BCUT2D eigenvalue weighted by Crippen LogP contribution is 2.10. The quantitative estimate of drug-likeness (QED) is 0.712. The first-order chi connectivity index (χ1) is 9.60. The van der Waals surface area contributed by atoms with Crippen molar-refractivity contribution in [2.75, 3.05) is 12.9 Å². The van der Waals surface area contributed by atoms with E-state index in [2.05, 4.69) is 15.5 Å². The molecule has 20 heavy (non-hydrogen) atoms. The molecule has 2 unspecified atom stereocenters. The van der Waals surface area contributed by atoms with Crippen molar-refractivity contribution in [3.63, 3.8) is 0 Å². The van der Waals surface area contributed by atoms with Gasteiger partial charge in [-0.2, -0.15) is 16.7 Å². The van der Waals surface area contributed by atoms with Gasteiger partial charge in [0.25, 0.3) is 0 Å². The number of aliphatic hydroxyl groups is 1. The second-order valence-electron chi connectivity index (χ2n) is 4.67. The van der Waals surface area contributed by atoms with Crippen LogP contribution in [0.1, 0.15) is 38.4 Å². The van der Waals surface area contributed by atoms with Crippen LogP contribution in [0.15, 0.2) is 4.52 Å². The van der Waals surface area contributed by atoms with E-state index in [0.717, 1.165) is 12.8 Å². The maximum atomic E-state index is 11.8. The van der Waals surface area contributed by atoms with Crippen LogP contribution in [0, 0.1) is 0 Å². The van der Waals surface area contributed by atoms with Gasteiger partial charge in [0.05, 0.1) is 6.61 Å². The number of aryl methyl sites for hydroxylation is 2. The highest BCUT2D eigenvalue weighted by Gasteiger charge is 2.17. The number of rotatable bonds is 9. The second-order valence-corrected chi connectivity index (χ2v) is 5.74. The molecule has 1 aromatic heterocycles. The molecule has 1 heterocycles. The molecule has 6 nitrogen and oxygen atoms in total. The largest absolute Gasteiger partial charge is 0.395 e. The van der Waals surface area contributed by atoms with Crippen LogP contribution >= 0.6 is 11.8 Å². The van der Waals surface area contributed by atoms with Gasteiger partial charge in [-0.15, -0.1) is 0 Å². The lowest BCUT2D eigenvalue weighted by atomic mass is 10.2. The highest BCUT2D eigenvalue weighted by molar-refractivity contribution is 7.99. The van der Waals surface area contributed by atoms with E-state index in [0.29, 0.717) is 24.6 Å². The minimum atomic E-state index is -0.0692. The molecule has 114 valence electrons. The summed E-state index contributed by atoms with van der Waals surface area (Å²) in [6.45, 7) is 3.99. The molecule has 0 saturated carbocycles. The topological polar surface area (TPSA) is 88.2 Å². The average Bonchev–Trinajstić information content (AvgIpc) is 2.86. The SMILES string of the molecule is CCCc1noc(CCC(=O)NC(C)C(CO)SC)n1. The zero-order valence-electron chi connectivity index (χ0n) is 12.3. The summed E-state index contributed by atoms with van der Waals surface area (Å²) in [5.74, 6) is 1.12. The Morgan fingerprint density at radius 2 is 2.25 bits per heavy atom. The van der Waals surface area contributed by atoms with Gasteiger partial charge in [-0.1, -0.05) is 12.1 Å². The van der Waals surface area contributed by atoms with Gasteiger partial charge in [0.1, 0.15) is 0 Å². The van der Waals surface area contributed by atoms with Gasteiger partial charge in [-0.25, -0.2) is 0 Å². The third kappa shape index (κ3) is 5.50. The first-order valence-corrected chi connectivity index (χ1v) is 8.14. The van der Waals surface area contributed by atoms with Crippen molar-refractivity contribution < 1.29 is 14.4 Å². The Kier molecular flexibility index (Phi) is 7.61. The van der Waals surface area contributed by atoms with E-state index >= 15 is 0 Å². The number of thioether (sulfide) groups is 1. The number of carbonyl (C=O) groups is 1. The fraction of sp³-hybridized carbons (Fsp3) is 0.769. The normalized spacial score (nSPS) is 14.0. The summed E-state index contributed by atoms with van der Waals surface area (Å²) in [4.78, 5) is 16.0. The first-order valence-electron chi connectivity index (χ1n) is 6.85. The van der Waals surface area contributed by atoms with Crippen molar-refractivity contribution in [3.8, 4) is 0 Å². The van der Waals surface area contributed by atoms with E-state index < -0.39 is 0 Å². The molecule has 2 atom stereocenters. The van der Waals surface area contributed by atoms with Crippen LogP contribution in [0.4, 0.5) is 0 Å². The van der Waals surface area contributed by atoms with Gasteiger partial charge in [0.2, 0.25) is 11.8 Å². The number of aromatic nitrogens is 2. The Labute approximate surface area is 123 Å². The number of hydrogen-bond acceptors (Lipinski definition) is 6. The molecule has 1 rings (SSSR count). The predicted molar refractivity (Wildman–Crippen MR) is 78.6 cm³/mol. The summed E-state index contributed by atoms with van der Waals surface area (Å²) in [7, 11) is 0. The zero-order chi connectivity index (χ0) is 15.0. The lowest BCUT2D eigenvalue weighted by Crippen LogP contribution is -2.41. The molecule has 0 radical (unpaired) electrons. The highest BCUT2D eigenvalue weighted by atomic mass is 32.2. The molecule has 0 fully saturated rings. The molecular weight excluding hydrogens is 278 g/mol. The number of nitrogens with one attached hydrogen (secondary N) is 1. The molecule has 0 bridgehead atoms. The standard InChI is InChI=1S/C13H23N3O3S/c1-4-5-11-15-13(19-16-11)7-6-12(18)14-9(2)10(8-17)20-3/h9-10,17H,4-8H2,1-3H3,(H,14,18). The monoisotopic (exact) mass is 301 g/mol. The Morgan fingerprint density at radius 3 is 2.85 bits per heavy atom. The molecule has 2 N–H and O–H groups in total. The number of carbonyl (C=O) groups excluding carboxylic acids is 1. The van der Waals surface area contributed by atoms with Crippen molar-refractivity contribution >= 4 is 17.7 Å². The van der Waals surface area contributed by atoms with E-state index in [1.54, 1.807) is 0 Å². The fourth-order valence-corrected chi connectivity index (χ4v) is 2.42. The van der Waals surface area contributed by atoms with Gasteiger partial charge in [0, 0.05) is 30.6 Å². The lowest BCUT2D eigenvalue weighted by Gasteiger charge is -2.21. The summed E-state index contributed by atoms with van der Waals surface area (Å²) in [5, 5.41) is 15.9. The summed E-state index contributed by atoms with van der Waals surface area (Å²) in [5.41, 5.74) is 0. The van der Waals surface area contributed by atoms with E-state index in [9.17, 15) is 4.79 Å². The first kappa shape index (κ1) is 17.0. The van der Waals surface area contributed by atoms with E-state index in [1.807, 2.05) is 20.1 Å². The molecule has 0 aliphatic carbocycles. The van der Waals surface area contributed by atoms with Crippen LogP contribution in [-0.4, -0.2) is 45.3 Å². The minimum Gasteiger partial charge on any atom is -0.395 e. The van der Waals surface area contributed by atoms with Crippen LogP contribution in [0.25, 0.3) is 0 Å². The molecule has 7 heteroatoms. The van der Waals surface area contributed by atoms with Crippen LogP contribution in [0.3, 0.4) is 0 Å². The molecule has 1 amide bonds. The Hall–Kier alpha value is -1.08. The van der Waals surface area contributed by atoms with Gasteiger partial charge >= 0.3 is 0 Å². The fourth-order valence-electron chi connectivity index (χ4n) is 1.79. The summed E-state index contributed by atoms with van der Waals surface area (Å²) in [6.07, 6.45) is 4.42. The molecule has 1 aromatic rings. The smallest absolute Gasteiger partial charge is 0.227 e. The van der Waals surface area contributed by atoms with Crippen LogP contribution < -0.4 is 5.32 Å². The summed E-state index contributed by atoms with van der Waals surface area (Å²) in [6, 6.07) is -0.0687. The van der Waals surface area contributed by atoms with Gasteiger partial charge in [-0.05, 0) is 19.6 Å². The van der Waals surface area contributed by atoms with Crippen molar-refractivity contribution in [3.05, 3.63) is 11.7 Å². The lowest BCUT2D eigenvalue weighted by molar-refractivity contribution is -0.121. The zero-order valence-corrected chi connectivity index (χ0v) is 13.1. The van der Waals surface area contributed by atoms with Crippen LogP contribution in [0.5, 0.6) is 0 Å². The molecular formula is C13H23N3O3S. The maximum Gasteiger partial charge on any atom is 0.227 e. The van der Waals surface area contributed by atoms with E-state index in [4.69, 9.17) is 9.63 Å². The summed E-state index contributed by atoms with van der Waals surface area (Å²) < 4.78 is 5.08. The van der Waals surface area contributed by atoms with Gasteiger partial charge < -0.3 is 14.9 Å². The average molecular weight is 301 g/mol. The van der Waals surface area contributed by atoms with Gasteiger partial charge in [0.15, 0.2) is 5.82 Å². The van der Waals surface area contributed by atoms with E-state index in [1.165, 1.54) is 11.8 Å². The number of aliphatic hydroxyl groups excluding tert-OH is 1. The molecule has 0 aliphatic rings. The molecule has 0 aromatic carbocycles. The molecule has 0 spiro atoms. The van der Waals surface area contributed by atoms with Gasteiger partial charge in [-0.3, -0.25) is 4.79 Å². The minimum absolute atomic E-state index is 0.0125. The Morgan fingerprint density at radius 1 is 1.50 bits per heavy atom. The number of nitrogens with zero attached hydrogens (tertiary/aromatic N) is 2. The Bertz CT molecular complexity index is 407. The van der Waals surface area contributed by atoms with E-state index in [-0.39, 0.29) is 23.8 Å².